The Morgan fingerprint density at radius 2 is 2.06 bits per heavy atom. The molecule has 2 heteroatoms. The van der Waals surface area contributed by atoms with Gasteiger partial charge in [-0.3, -0.25) is 0 Å². The second-order valence-electron chi connectivity index (χ2n) is 5.37. The van der Waals surface area contributed by atoms with Crippen LogP contribution in [0.4, 0.5) is 0 Å². The molecule has 0 saturated heterocycles. The molecule has 0 aliphatic rings. The van der Waals surface area contributed by atoms with E-state index in [9.17, 15) is 0 Å². The summed E-state index contributed by atoms with van der Waals surface area (Å²) in [5, 5.41) is 3.46. The van der Waals surface area contributed by atoms with Gasteiger partial charge in [0.2, 0.25) is 0 Å². The molecule has 1 rings (SSSR count). The van der Waals surface area contributed by atoms with Crippen LogP contribution in [0, 0.1) is 0 Å². The fraction of sp³-hybridized carbons (Fsp3) is 0.500. The summed E-state index contributed by atoms with van der Waals surface area (Å²) in [4.78, 5) is 0. The predicted molar refractivity (Wildman–Crippen MR) is 79.0 cm³/mol. The molecular formula is C16H25NO. The molecule has 0 atom stereocenters. The maximum Gasteiger partial charge on any atom is 0.119 e. The van der Waals surface area contributed by atoms with Crippen molar-refractivity contribution in [2.45, 2.75) is 39.7 Å². The van der Waals surface area contributed by atoms with Gasteiger partial charge in [-0.15, -0.1) is 0 Å². The average molecular weight is 247 g/mol. The van der Waals surface area contributed by atoms with E-state index in [4.69, 9.17) is 4.74 Å². The Kier molecular flexibility index (Phi) is 5.93. The van der Waals surface area contributed by atoms with Crippen LogP contribution in [0.15, 0.2) is 30.3 Å². The largest absolute Gasteiger partial charge is 0.494 e. The van der Waals surface area contributed by atoms with Crippen molar-refractivity contribution in [2.75, 3.05) is 13.2 Å². The Hall–Kier alpha value is -1.28. The minimum Gasteiger partial charge on any atom is -0.494 e. The lowest BCUT2D eigenvalue weighted by atomic mass is 10.1. The second kappa shape index (κ2) is 7.22. The summed E-state index contributed by atoms with van der Waals surface area (Å²) in [6, 6.07) is 8.17. The summed E-state index contributed by atoms with van der Waals surface area (Å²) in [5.41, 5.74) is 1.39. The summed E-state index contributed by atoms with van der Waals surface area (Å²) in [5.74, 6) is 0.937. The standard InChI is InChI=1S/C16H25NO/c1-5-18-15-11-8-10-14(13-15)9-6-7-12-17-16(2,3)4/h6,8-11,13,17H,5,7,12H2,1-4H3. The van der Waals surface area contributed by atoms with E-state index in [0.717, 1.165) is 18.7 Å². The van der Waals surface area contributed by atoms with Crippen molar-refractivity contribution in [3.05, 3.63) is 35.9 Å². The van der Waals surface area contributed by atoms with Crippen molar-refractivity contribution in [1.29, 1.82) is 0 Å². The molecule has 1 N–H and O–H groups in total. The van der Waals surface area contributed by atoms with Crippen molar-refractivity contribution in [3.63, 3.8) is 0 Å². The Bertz CT molecular complexity index is 377. The first-order valence-corrected chi connectivity index (χ1v) is 6.66. The van der Waals surface area contributed by atoms with Gasteiger partial charge < -0.3 is 10.1 Å². The zero-order chi connectivity index (χ0) is 13.4. The van der Waals surface area contributed by atoms with E-state index in [1.165, 1.54) is 5.56 Å². The normalized spacial score (nSPS) is 12.0. The Labute approximate surface area is 111 Å². The zero-order valence-corrected chi connectivity index (χ0v) is 12.0. The first-order valence-electron chi connectivity index (χ1n) is 6.66. The third-order valence-electron chi connectivity index (χ3n) is 2.45. The monoisotopic (exact) mass is 247 g/mol. The highest BCUT2D eigenvalue weighted by atomic mass is 16.5. The van der Waals surface area contributed by atoms with Crippen LogP contribution >= 0.6 is 0 Å². The summed E-state index contributed by atoms with van der Waals surface area (Å²) in [7, 11) is 0. The Morgan fingerprint density at radius 3 is 2.72 bits per heavy atom. The molecule has 0 heterocycles. The van der Waals surface area contributed by atoms with Crippen molar-refractivity contribution in [1.82, 2.24) is 5.32 Å². The summed E-state index contributed by atoms with van der Waals surface area (Å²) in [6.45, 7) is 10.3. The summed E-state index contributed by atoms with van der Waals surface area (Å²) >= 11 is 0. The van der Waals surface area contributed by atoms with Gasteiger partial charge in [-0.25, -0.2) is 0 Å². The quantitative estimate of drug-likeness (QED) is 0.770. The second-order valence-corrected chi connectivity index (χ2v) is 5.37. The van der Waals surface area contributed by atoms with Gasteiger partial charge in [0.05, 0.1) is 6.61 Å². The van der Waals surface area contributed by atoms with E-state index >= 15 is 0 Å². The van der Waals surface area contributed by atoms with Crippen molar-refractivity contribution in [2.24, 2.45) is 0 Å². The van der Waals surface area contributed by atoms with Crippen LogP contribution in [0.5, 0.6) is 5.75 Å². The molecule has 0 aliphatic carbocycles. The third-order valence-corrected chi connectivity index (χ3v) is 2.45. The molecule has 0 fully saturated rings. The first-order chi connectivity index (χ1) is 8.51. The van der Waals surface area contributed by atoms with Crippen molar-refractivity contribution < 1.29 is 4.74 Å². The van der Waals surface area contributed by atoms with Gasteiger partial charge in [-0.2, -0.15) is 0 Å². The van der Waals surface area contributed by atoms with Crippen LogP contribution in [0.2, 0.25) is 0 Å². The molecule has 0 spiro atoms. The highest BCUT2D eigenvalue weighted by molar-refractivity contribution is 5.51. The molecule has 0 radical (unpaired) electrons. The number of hydrogen-bond donors (Lipinski definition) is 1. The van der Waals surface area contributed by atoms with E-state index in [1.54, 1.807) is 0 Å². The molecule has 0 amide bonds. The van der Waals surface area contributed by atoms with Crippen molar-refractivity contribution >= 4 is 6.08 Å². The Morgan fingerprint density at radius 1 is 1.28 bits per heavy atom. The SMILES string of the molecule is CCOc1cccc(C=CCCNC(C)(C)C)c1. The number of hydrogen-bond acceptors (Lipinski definition) is 2. The van der Waals surface area contributed by atoms with Gasteiger partial charge in [-0.1, -0.05) is 24.3 Å². The molecule has 1 aromatic rings. The first kappa shape index (κ1) is 14.8. The molecule has 1 aromatic carbocycles. The third kappa shape index (κ3) is 6.45. The minimum absolute atomic E-state index is 0.197. The average Bonchev–Trinajstić information content (AvgIpc) is 2.28. The van der Waals surface area contributed by atoms with E-state index in [0.29, 0.717) is 6.61 Å². The van der Waals surface area contributed by atoms with Crippen LogP contribution in [0.1, 0.15) is 39.7 Å². The van der Waals surface area contributed by atoms with Gasteiger partial charge >= 0.3 is 0 Å². The molecular weight excluding hydrogens is 222 g/mol. The van der Waals surface area contributed by atoms with E-state index in [-0.39, 0.29) is 5.54 Å². The van der Waals surface area contributed by atoms with Crippen molar-refractivity contribution in [3.8, 4) is 5.75 Å². The van der Waals surface area contributed by atoms with Gasteiger partial charge in [0.25, 0.3) is 0 Å². The van der Waals surface area contributed by atoms with E-state index < -0.39 is 0 Å². The lowest BCUT2D eigenvalue weighted by molar-refractivity contribution is 0.340. The van der Waals surface area contributed by atoms with Crippen LogP contribution in [0.25, 0.3) is 6.08 Å². The van der Waals surface area contributed by atoms with Gasteiger partial charge in [0.15, 0.2) is 0 Å². The van der Waals surface area contributed by atoms with Crippen LogP contribution in [-0.4, -0.2) is 18.7 Å². The van der Waals surface area contributed by atoms with Gasteiger partial charge in [0.1, 0.15) is 5.75 Å². The topological polar surface area (TPSA) is 21.3 Å². The van der Waals surface area contributed by atoms with E-state index in [1.807, 2.05) is 19.1 Å². The van der Waals surface area contributed by atoms with Crippen LogP contribution in [0.3, 0.4) is 0 Å². The molecule has 0 bridgehead atoms. The van der Waals surface area contributed by atoms with E-state index in [2.05, 4.69) is 50.4 Å². The fourth-order valence-electron chi connectivity index (χ4n) is 1.62. The van der Waals surface area contributed by atoms with Gasteiger partial charge in [-0.05, 0) is 58.4 Å². The summed E-state index contributed by atoms with van der Waals surface area (Å²) < 4.78 is 5.47. The summed E-state index contributed by atoms with van der Waals surface area (Å²) in [6.07, 6.45) is 5.38. The minimum atomic E-state index is 0.197. The van der Waals surface area contributed by atoms with Crippen LogP contribution < -0.4 is 10.1 Å². The highest BCUT2D eigenvalue weighted by Gasteiger charge is 2.06. The van der Waals surface area contributed by atoms with Gasteiger partial charge in [0, 0.05) is 5.54 Å². The molecule has 0 aromatic heterocycles. The highest BCUT2D eigenvalue weighted by Crippen LogP contribution is 2.14. The number of benzene rings is 1. The lowest BCUT2D eigenvalue weighted by Gasteiger charge is -2.19. The molecule has 18 heavy (non-hydrogen) atoms. The predicted octanol–water partition coefficient (Wildman–Crippen LogP) is 3.88. The molecule has 0 unspecified atom stereocenters. The molecule has 100 valence electrons. The molecule has 0 aliphatic heterocycles. The molecule has 0 saturated carbocycles. The van der Waals surface area contributed by atoms with Crippen LogP contribution in [-0.2, 0) is 0 Å². The fourth-order valence-corrected chi connectivity index (χ4v) is 1.62. The number of nitrogens with one attached hydrogen (secondary N) is 1. The molecule has 2 nitrogen and oxygen atoms in total. The number of rotatable bonds is 6. The number of ether oxygens (including phenoxy) is 1. The maximum absolute atomic E-state index is 5.47. The maximum atomic E-state index is 5.47. The zero-order valence-electron chi connectivity index (χ0n) is 12.0. The Balaban J connectivity index is 2.39. The smallest absolute Gasteiger partial charge is 0.119 e. The lowest BCUT2D eigenvalue weighted by Crippen LogP contribution is -2.36.